The molecule has 2 aromatic rings. The third kappa shape index (κ3) is 5.51. The molecule has 2 rings (SSSR count). The summed E-state index contributed by atoms with van der Waals surface area (Å²) in [5.74, 6) is 0.0819. The maximum atomic E-state index is 12.7. The standard InChI is InChI=1S/C26H32N2O2/c1-16(2)22-13-18(14-23(17(3)4)24(22)29)12-19(15-27)25(30)28-21-10-8-20(9-11-21)26(5,6)7/h8-14,16-17,29H,1-7H3,(H,28,30)/b19-12+. The normalized spacial score (nSPS) is 12.2. The molecule has 0 atom stereocenters. The molecule has 0 aromatic heterocycles. The van der Waals surface area contributed by atoms with E-state index in [2.05, 4.69) is 26.1 Å². The number of nitriles is 1. The van der Waals surface area contributed by atoms with Gasteiger partial charge in [0.2, 0.25) is 0 Å². The minimum absolute atomic E-state index is 0.0185. The van der Waals surface area contributed by atoms with E-state index >= 15 is 0 Å². The summed E-state index contributed by atoms with van der Waals surface area (Å²) in [5, 5.41) is 22.9. The molecule has 0 saturated carbocycles. The number of nitrogens with one attached hydrogen (secondary N) is 1. The van der Waals surface area contributed by atoms with Gasteiger partial charge in [-0.25, -0.2) is 0 Å². The summed E-state index contributed by atoms with van der Waals surface area (Å²) in [6.07, 6.45) is 1.58. The summed E-state index contributed by atoms with van der Waals surface area (Å²) >= 11 is 0. The number of nitrogens with zero attached hydrogens (tertiary/aromatic N) is 1. The third-order valence-electron chi connectivity index (χ3n) is 5.12. The molecular weight excluding hydrogens is 372 g/mol. The Kier molecular flexibility index (Phi) is 7.10. The minimum Gasteiger partial charge on any atom is -0.507 e. The summed E-state index contributed by atoms with van der Waals surface area (Å²) in [7, 11) is 0. The Bertz CT molecular complexity index is 956. The Balaban J connectivity index is 2.35. The van der Waals surface area contributed by atoms with E-state index < -0.39 is 5.91 Å². The number of phenols is 1. The van der Waals surface area contributed by atoms with Gasteiger partial charge in [-0.1, -0.05) is 60.6 Å². The first-order valence-corrected chi connectivity index (χ1v) is 10.3. The Morgan fingerprint density at radius 3 is 1.93 bits per heavy atom. The molecule has 2 aromatic carbocycles. The van der Waals surface area contributed by atoms with Crippen LogP contribution in [0.5, 0.6) is 5.75 Å². The van der Waals surface area contributed by atoms with Crippen molar-refractivity contribution in [3.05, 3.63) is 64.2 Å². The Morgan fingerprint density at radius 1 is 1.03 bits per heavy atom. The van der Waals surface area contributed by atoms with Gasteiger partial charge in [-0.3, -0.25) is 4.79 Å². The summed E-state index contributed by atoms with van der Waals surface area (Å²) in [6, 6.07) is 13.3. The molecule has 0 bridgehead atoms. The molecule has 4 nitrogen and oxygen atoms in total. The minimum atomic E-state index is -0.453. The first-order chi connectivity index (χ1) is 13.9. The number of amides is 1. The van der Waals surface area contributed by atoms with Crippen molar-refractivity contribution in [2.75, 3.05) is 5.32 Å². The zero-order chi connectivity index (χ0) is 22.6. The fourth-order valence-electron chi connectivity index (χ4n) is 3.23. The molecule has 4 heteroatoms. The number of rotatable bonds is 5. The van der Waals surface area contributed by atoms with Gasteiger partial charge >= 0.3 is 0 Å². The second kappa shape index (κ2) is 9.17. The summed E-state index contributed by atoms with van der Waals surface area (Å²) in [6.45, 7) is 14.4. The maximum Gasteiger partial charge on any atom is 0.266 e. The molecule has 158 valence electrons. The third-order valence-corrected chi connectivity index (χ3v) is 5.12. The number of benzene rings is 2. The van der Waals surface area contributed by atoms with Gasteiger partial charge < -0.3 is 10.4 Å². The Morgan fingerprint density at radius 2 is 1.53 bits per heavy atom. The van der Waals surface area contributed by atoms with Crippen molar-refractivity contribution in [2.45, 2.75) is 65.7 Å². The summed E-state index contributed by atoms with van der Waals surface area (Å²) in [4.78, 5) is 12.7. The molecule has 0 aliphatic heterocycles. The van der Waals surface area contributed by atoms with Crippen LogP contribution in [-0.2, 0) is 10.2 Å². The molecule has 0 radical (unpaired) electrons. The second-order valence-corrected chi connectivity index (χ2v) is 9.31. The van der Waals surface area contributed by atoms with E-state index in [4.69, 9.17) is 0 Å². The first kappa shape index (κ1) is 23.2. The van der Waals surface area contributed by atoms with Crippen molar-refractivity contribution < 1.29 is 9.90 Å². The van der Waals surface area contributed by atoms with E-state index in [1.807, 2.05) is 70.2 Å². The van der Waals surface area contributed by atoms with Gasteiger partial charge in [0, 0.05) is 5.69 Å². The summed E-state index contributed by atoms with van der Waals surface area (Å²) < 4.78 is 0. The lowest BCUT2D eigenvalue weighted by Crippen LogP contribution is -2.14. The van der Waals surface area contributed by atoms with Gasteiger partial charge in [-0.05, 0) is 69.8 Å². The van der Waals surface area contributed by atoms with Crippen molar-refractivity contribution in [3.8, 4) is 11.8 Å². The van der Waals surface area contributed by atoms with Crippen LogP contribution in [0, 0.1) is 11.3 Å². The average molecular weight is 405 g/mol. The van der Waals surface area contributed by atoms with E-state index in [1.165, 1.54) is 5.56 Å². The largest absolute Gasteiger partial charge is 0.507 e. The number of phenolic OH excluding ortho intramolecular Hbond substituents is 1. The van der Waals surface area contributed by atoms with E-state index in [1.54, 1.807) is 6.08 Å². The molecule has 30 heavy (non-hydrogen) atoms. The van der Waals surface area contributed by atoms with Gasteiger partial charge in [-0.2, -0.15) is 5.26 Å². The highest BCUT2D eigenvalue weighted by molar-refractivity contribution is 6.09. The van der Waals surface area contributed by atoms with Crippen molar-refractivity contribution in [3.63, 3.8) is 0 Å². The van der Waals surface area contributed by atoms with Crippen LogP contribution in [-0.4, -0.2) is 11.0 Å². The van der Waals surface area contributed by atoms with E-state index in [0.717, 1.165) is 16.7 Å². The van der Waals surface area contributed by atoms with Crippen LogP contribution in [0.3, 0.4) is 0 Å². The van der Waals surface area contributed by atoms with Gasteiger partial charge in [0.25, 0.3) is 5.91 Å². The van der Waals surface area contributed by atoms with Crippen molar-refractivity contribution in [2.24, 2.45) is 0 Å². The molecule has 0 unspecified atom stereocenters. The summed E-state index contributed by atoms with van der Waals surface area (Å²) in [5.41, 5.74) is 4.21. The lowest BCUT2D eigenvalue weighted by Gasteiger charge is -2.19. The van der Waals surface area contributed by atoms with Gasteiger partial charge in [-0.15, -0.1) is 0 Å². The topological polar surface area (TPSA) is 73.1 Å². The fraction of sp³-hybridized carbons (Fsp3) is 0.385. The second-order valence-electron chi connectivity index (χ2n) is 9.31. The maximum absolute atomic E-state index is 12.7. The molecule has 0 saturated heterocycles. The SMILES string of the molecule is CC(C)c1cc(/C=C(\C#N)C(=O)Nc2ccc(C(C)(C)C)cc2)cc(C(C)C)c1O. The van der Waals surface area contributed by atoms with Crippen LogP contribution in [0.15, 0.2) is 42.0 Å². The number of aromatic hydroxyl groups is 1. The molecular formula is C26H32N2O2. The zero-order valence-corrected chi connectivity index (χ0v) is 19.0. The molecule has 0 aliphatic carbocycles. The smallest absolute Gasteiger partial charge is 0.266 e. The highest BCUT2D eigenvalue weighted by atomic mass is 16.3. The van der Waals surface area contributed by atoms with Crippen LogP contribution in [0.25, 0.3) is 6.08 Å². The molecule has 2 N–H and O–H groups in total. The average Bonchev–Trinajstić information content (AvgIpc) is 2.66. The molecule has 0 fully saturated rings. The number of carbonyl (C=O) groups is 1. The molecule has 0 aliphatic rings. The molecule has 1 amide bonds. The van der Waals surface area contributed by atoms with E-state index in [0.29, 0.717) is 11.4 Å². The van der Waals surface area contributed by atoms with Crippen LogP contribution in [0.2, 0.25) is 0 Å². The number of anilines is 1. The Hall–Kier alpha value is -3.06. The van der Waals surface area contributed by atoms with E-state index in [9.17, 15) is 15.2 Å². The lowest BCUT2D eigenvalue weighted by molar-refractivity contribution is -0.112. The number of hydrogen-bond acceptors (Lipinski definition) is 3. The predicted molar refractivity (Wildman–Crippen MR) is 124 cm³/mol. The van der Waals surface area contributed by atoms with Crippen LogP contribution in [0.1, 0.15) is 82.6 Å². The van der Waals surface area contributed by atoms with Crippen molar-refractivity contribution in [1.82, 2.24) is 0 Å². The van der Waals surface area contributed by atoms with Gasteiger partial charge in [0.05, 0.1) is 0 Å². The monoisotopic (exact) mass is 404 g/mol. The quantitative estimate of drug-likeness (QED) is 0.442. The van der Waals surface area contributed by atoms with Crippen molar-refractivity contribution >= 4 is 17.7 Å². The Labute approximate surface area is 180 Å². The number of hydrogen-bond donors (Lipinski definition) is 2. The highest BCUT2D eigenvalue weighted by Gasteiger charge is 2.17. The van der Waals surface area contributed by atoms with Crippen LogP contribution < -0.4 is 5.32 Å². The lowest BCUT2D eigenvalue weighted by atomic mass is 9.87. The zero-order valence-electron chi connectivity index (χ0n) is 19.0. The van der Waals surface area contributed by atoms with Crippen molar-refractivity contribution in [1.29, 1.82) is 5.26 Å². The highest BCUT2D eigenvalue weighted by Crippen LogP contribution is 2.35. The fourth-order valence-corrected chi connectivity index (χ4v) is 3.23. The van der Waals surface area contributed by atoms with Crippen LogP contribution >= 0.6 is 0 Å². The first-order valence-electron chi connectivity index (χ1n) is 10.3. The van der Waals surface area contributed by atoms with Gasteiger partial charge in [0.15, 0.2) is 0 Å². The van der Waals surface area contributed by atoms with Crippen LogP contribution in [0.4, 0.5) is 5.69 Å². The molecule has 0 spiro atoms. The number of carbonyl (C=O) groups excluding carboxylic acids is 1. The van der Waals surface area contributed by atoms with E-state index in [-0.39, 0.29) is 22.8 Å². The molecule has 0 heterocycles. The predicted octanol–water partition coefficient (Wildman–Crippen LogP) is 6.48. The van der Waals surface area contributed by atoms with Gasteiger partial charge in [0.1, 0.15) is 17.4 Å².